The lowest BCUT2D eigenvalue weighted by Gasteiger charge is -2.16. The van der Waals surface area contributed by atoms with Crippen LogP contribution in [0.3, 0.4) is 0 Å². The molecule has 0 saturated carbocycles. The highest BCUT2D eigenvalue weighted by molar-refractivity contribution is 7.10. The van der Waals surface area contributed by atoms with E-state index in [-0.39, 0.29) is 6.04 Å². The topological polar surface area (TPSA) is 38.0 Å². The zero-order valence-electron chi connectivity index (χ0n) is 9.29. The van der Waals surface area contributed by atoms with Crippen LogP contribution in [0.25, 0.3) is 0 Å². The minimum absolute atomic E-state index is 0.0755. The molecule has 1 heterocycles. The maximum absolute atomic E-state index is 6.17. The van der Waals surface area contributed by atoms with E-state index in [1.807, 2.05) is 23.6 Å². The smallest absolute Gasteiger partial charge is 0.0625 e. The van der Waals surface area contributed by atoms with Gasteiger partial charge in [-0.05, 0) is 29.5 Å². The van der Waals surface area contributed by atoms with E-state index in [4.69, 9.17) is 40.6 Å². The maximum atomic E-state index is 6.17. The van der Waals surface area contributed by atoms with Crippen LogP contribution in [0, 0.1) is 0 Å². The van der Waals surface area contributed by atoms with E-state index >= 15 is 0 Å². The number of hydrogen-bond donors (Lipinski definition) is 2. The summed E-state index contributed by atoms with van der Waals surface area (Å²) in [6, 6.07) is 7.34. The van der Waals surface area contributed by atoms with Crippen molar-refractivity contribution < 1.29 is 0 Å². The minimum atomic E-state index is -0.0755. The Morgan fingerprint density at radius 3 is 2.56 bits per heavy atom. The van der Waals surface area contributed by atoms with Crippen LogP contribution in [0.1, 0.15) is 16.5 Å². The van der Waals surface area contributed by atoms with Gasteiger partial charge in [-0.15, -0.1) is 11.3 Å². The molecule has 3 N–H and O–H groups in total. The molecule has 0 aliphatic rings. The number of hydrazine groups is 1. The average molecular weight is 322 g/mol. The van der Waals surface area contributed by atoms with Crippen LogP contribution < -0.4 is 11.3 Å². The lowest BCUT2D eigenvalue weighted by atomic mass is 10.1. The summed E-state index contributed by atoms with van der Waals surface area (Å²) in [5, 5.41) is 3.75. The highest BCUT2D eigenvalue weighted by Gasteiger charge is 2.17. The van der Waals surface area contributed by atoms with Crippen LogP contribution in [0.15, 0.2) is 29.6 Å². The fourth-order valence-electron chi connectivity index (χ4n) is 1.71. The van der Waals surface area contributed by atoms with Crippen LogP contribution in [-0.4, -0.2) is 0 Å². The summed E-state index contributed by atoms with van der Waals surface area (Å²) in [6.07, 6.45) is 0.635. The number of thiophene rings is 1. The molecule has 96 valence electrons. The van der Waals surface area contributed by atoms with E-state index in [1.54, 1.807) is 17.4 Å². The first-order valence-electron chi connectivity index (χ1n) is 5.25. The zero-order valence-corrected chi connectivity index (χ0v) is 12.4. The van der Waals surface area contributed by atoms with Gasteiger partial charge in [0.2, 0.25) is 0 Å². The molecule has 0 amide bonds. The number of benzene rings is 1. The standard InChI is InChI=1S/C12H11Cl3N2S/c13-8-3-1-2-7(11(8)15)6-10(17-16)12-9(14)4-5-18-12/h1-5,10,17H,6,16H2. The van der Waals surface area contributed by atoms with Gasteiger partial charge in [0.1, 0.15) is 0 Å². The molecule has 1 aromatic carbocycles. The second kappa shape index (κ2) is 6.24. The summed E-state index contributed by atoms with van der Waals surface area (Å²) in [7, 11) is 0. The van der Waals surface area contributed by atoms with Crippen molar-refractivity contribution in [3.8, 4) is 0 Å². The molecule has 0 aliphatic heterocycles. The molecular weight excluding hydrogens is 311 g/mol. The van der Waals surface area contributed by atoms with Crippen molar-refractivity contribution in [1.82, 2.24) is 5.43 Å². The molecule has 0 radical (unpaired) electrons. The summed E-state index contributed by atoms with van der Waals surface area (Å²) >= 11 is 19.8. The van der Waals surface area contributed by atoms with Gasteiger partial charge in [0.05, 0.1) is 21.1 Å². The van der Waals surface area contributed by atoms with Crippen molar-refractivity contribution in [2.45, 2.75) is 12.5 Å². The minimum Gasteiger partial charge on any atom is -0.271 e. The Hall–Kier alpha value is -0.290. The molecule has 2 aromatic rings. The number of rotatable bonds is 4. The lowest BCUT2D eigenvalue weighted by molar-refractivity contribution is 0.561. The second-order valence-electron chi connectivity index (χ2n) is 3.77. The molecule has 0 saturated heterocycles. The third-order valence-electron chi connectivity index (χ3n) is 2.62. The Morgan fingerprint density at radius 1 is 1.17 bits per heavy atom. The fraction of sp³-hybridized carbons (Fsp3) is 0.167. The van der Waals surface area contributed by atoms with E-state index in [0.717, 1.165) is 10.4 Å². The Labute approximate surface area is 125 Å². The molecule has 1 aromatic heterocycles. The number of halogens is 3. The van der Waals surface area contributed by atoms with Crippen molar-refractivity contribution in [1.29, 1.82) is 0 Å². The monoisotopic (exact) mass is 320 g/mol. The van der Waals surface area contributed by atoms with E-state index in [0.29, 0.717) is 21.5 Å². The van der Waals surface area contributed by atoms with E-state index in [1.165, 1.54) is 0 Å². The molecule has 2 rings (SSSR count). The summed E-state index contributed by atoms with van der Waals surface area (Å²) < 4.78 is 0. The van der Waals surface area contributed by atoms with Gasteiger partial charge >= 0.3 is 0 Å². The average Bonchev–Trinajstić information content (AvgIpc) is 2.77. The van der Waals surface area contributed by atoms with Crippen LogP contribution >= 0.6 is 46.1 Å². The van der Waals surface area contributed by atoms with Crippen LogP contribution in [-0.2, 0) is 6.42 Å². The summed E-state index contributed by atoms with van der Waals surface area (Å²) in [5.74, 6) is 5.59. The molecule has 1 unspecified atom stereocenters. The van der Waals surface area contributed by atoms with Crippen molar-refractivity contribution in [3.05, 3.63) is 55.2 Å². The van der Waals surface area contributed by atoms with Gasteiger partial charge in [-0.2, -0.15) is 0 Å². The molecule has 18 heavy (non-hydrogen) atoms. The third kappa shape index (κ3) is 2.99. The SMILES string of the molecule is NNC(Cc1cccc(Cl)c1Cl)c1sccc1Cl. The number of hydrogen-bond acceptors (Lipinski definition) is 3. The number of nitrogens with two attached hydrogens (primary N) is 1. The van der Waals surface area contributed by atoms with E-state index in [2.05, 4.69) is 5.43 Å². The molecule has 0 bridgehead atoms. The molecule has 0 aliphatic carbocycles. The van der Waals surface area contributed by atoms with Crippen molar-refractivity contribution in [3.63, 3.8) is 0 Å². The normalized spacial score (nSPS) is 12.7. The Bertz CT molecular complexity index is 542. The first-order chi connectivity index (χ1) is 8.63. The van der Waals surface area contributed by atoms with Gasteiger partial charge < -0.3 is 0 Å². The molecule has 2 nitrogen and oxygen atoms in total. The Kier molecular flexibility index (Phi) is 4.90. The second-order valence-corrected chi connectivity index (χ2v) is 5.91. The quantitative estimate of drug-likeness (QED) is 0.644. The lowest BCUT2D eigenvalue weighted by Crippen LogP contribution is -2.29. The maximum Gasteiger partial charge on any atom is 0.0625 e. The summed E-state index contributed by atoms with van der Waals surface area (Å²) in [5.41, 5.74) is 3.71. The van der Waals surface area contributed by atoms with Gasteiger partial charge in [-0.3, -0.25) is 11.3 Å². The summed E-state index contributed by atoms with van der Waals surface area (Å²) in [6.45, 7) is 0. The van der Waals surface area contributed by atoms with Gasteiger partial charge in [0, 0.05) is 4.88 Å². The first kappa shape index (κ1) is 14.1. The van der Waals surface area contributed by atoms with Crippen molar-refractivity contribution in [2.75, 3.05) is 0 Å². The Morgan fingerprint density at radius 2 is 1.94 bits per heavy atom. The van der Waals surface area contributed by atoms with Crippen LogP contribution in [0.5, 0.6) is 0 Å². The first-order valence-corrected chi connectivity index (χ1v) is 7.26. The molecular formula is C12H11Cl3N2S. The van der Waals surface area contributed by atoms with Crippen molar-refractivity contribution in [2.24, 2.45) is 5.84 Å². The van der Waals surface area contributed by atoms with Gasteiger partial charge in [0.15, 0.2) is 0 Å². The van der Waals surface area contributed by atoms with E-state index in [9.17, 15) is 0 Å². The van der Waals surface area contributed by atoms with E-state index < -0.39 is 0 Å². The van der Waals surface area contributed by atoms with Crippen LogP contribution in [0.4, 0.5) is 0 Å². The third-order valence-corrected chi connectivity index (χ3v) is 4.95. The molecule has 0 spiro atoms. The fourth-order valence-corrected chi connectivity index (χ4v) is 3.35. The van der Waals surface area contributed by atoms with Crippen molar-refractivity contribution >= 4 is 46.1 Å². The highest BCUT2D eigenvalue weighted by atomic mass is 35.5. The molecule has 1 atom stereocenters. The highest BCUT2D eigenvalue weighted by Crippen LogP contribution is 2.33. The zero-order chi connectivity index (χ0) is 13.1. The molecule has 6 heteroatoms. The Balaban J connectivity index is 2.26. The van der Waals surface area contributed by atoms with Crippen LogP contribution in [0.2, 0.25) is 15.1 Å². The largest absolute Gasteiger partial charge is 0.271 e. The molecule has 0 fully saturated rings. The summed E-state index contributed by atoms with van der Waals surface area (Å²) in [4.78, 5) is 0.996. The van der Waals surface area contributed by atoms with Gasteiger partial charge in [0.25, 0.3) is 0 Å². The number of nitrogens with one attached hydrogen (secondary N) is 1. The predicted molar refractivity (Wildman–Crippen MR) is 79.6 cm³/mol. The van der Waals surface area contributed by atoms with Gasteiger partial charge in [-0.25, -0.2) is 0 Å². The predicted octanol–water partition coefficient (Wildman–Crippen LogP) is 4.46. The van der Waals surface area contributed by atoms with Gasteiger partial charge in [-0.1, -0.05) is 46.9 Å².